The Morgan fingerprint density at radius 3 is 2.96 bits per heavy atom. The van der Waals surface area contributed by atoms with Gasteiger partial charge in [-0.15, -0.1) is 10.2 Å². The molecule has 1 N–H and O–H groups in total. The number of carbonyl (C=O) groups excluding carboxylic acids is 1. The Balaban J connectivity index is 1.57. The Morgan fingerprint density at radius 2 is 2.22 bits per heavy atom. The molecule has 1 aliphatic carbocycles. The van der Waals surface area contributed by atoms with Gasteiger partial charge in [-0.2, -0.15) is 5.10 Å². The molecule has 7 nitrogen and oxygen atoms in total. The summed E-state index contributed by atoms with van der Waals surface area (Å²) in [6.07, 6.45) is 8.18. The molecule has 1 fully saturated rings. The van der Waals surface area contributed by atoms with Crippen LogP contribution in [-0.4, -0.2) is 36.2 Å². The third-order valence-corrected chi connectivity index (χ3v) is 4.99. The van der Waals surface area contributed by atoms with E-state index in [2.05, 4.69) is 34.5 Å². The second kappa shape index (κ2) is 7.16. The maximum Gasteiger partial charge on any atom is 0.235 e. The Bertz CT molecular complexity index is 658. The number of hydrogen-bond acceptors (Lipinski definition) is 5. The molecule has 0 radical (unpaired) electrons. The predicted octanol–water partition coefficient (Wildman–Crippen LogP) is 2.90. The van der Waals surface area contributed by atoms with Crippen LogP contribution in [0, 0.1) is 0 Å². The van der Waals surface area contributed by atoms with Crippen LogP contribution >= 0.6 is 11.8 Å². The van der Waals surface area contributed by atoms with Gasteiger partial charge in [-0.25, -0.2) is 4.68 Å². The second-order valence-electron chi connectivity index (χ2n) is 6.05. The SMILES string of the molecule is CC(C)n1cnnc1SCC(=O)Nc1ccnn1C1CCCC1. The maximum atomic E-state index is 12.2. The van der Waals surface area contributed by atoms with Crippen molar-refractivity contribution in [2.75, 3.05) is 11.1 Å². The monoisotopic (exact) mass is 334 g/mol. The molecular formula is C15H22N6OS. The molecular weight excluding hydrogens is 312 g/mol. The number of nitrogens with zero attached hydrogens (tertiary/aromatic N) is 5. The van der Waals surface area contributed by atoms with E-state index in [-0.39, 0.29) is 11.9 Å². The minimum absolute atomic E-state index is 0.0481. The van der Waals surface area contributed by atoms with E-state index in [9.17, 15) is 4.79 Å². The highest BCUT2D eigenvalue weighted by molar-refractivity contribution is 7.99. The Hall–Kier alpha value is -1.83. The molecule has 0 aliphatic heterocycles. The molecule has 124 valence electrons. The Labute approximate surface area is 139 Å². The van der Waals surface area contributed by atoms with Crippen molar-refractivity contribution in [3.8, 4) is 0 Å². The average molecular weight is 334 g/mol. The van der Waals surface area contributed by atoms with Crippen LogP contribution in [0.3, 0.4) is 0 Å². The van der Waals surface area contributed by atoms with Crippen LogP contribution in [0.4, 0.5) is 5.82 Å². The van der Waals surface area contributed by atoms with E-state index in [1.54, 1.807) is 12.5 Å². The van der Waals surface area contributed by atoms with Gasteiger partial charge in [0.1, 0.15) is 12.1 Å². The topological polar surface area (TPSA) is 77.6 Å². The van der Waals surface area contributed by atoms with Gasteiger partial charge in [0.25, 0.3) is 0 Å². The van der Waals surface area contributed by atoms with E-state index in [0.717, 1.165) is 23.8 Å². The molecule has 1 saturated carbocycles. The predicted molar refractivity (Wildman–Crippen MR) is 89.5 cm³/mol. The molecule has 2 aromatic heterocycles. The summed E-state index contributed by atoms with van der Waals surface area (Å²) < 4.78 is 3.91. The molecule has 0 spiro atoms. The largest absolute Gasteiger partial charge is 0.310 e. The molecule has 2 aromatic rings. The highest BCUT2D eigenvalue weighted by Crippen LogP contribution is 2.31. The summed E-state index contributed by atoms with van der Waals surface area (Å²) in [5, 5.41) is 16.1. The fraction of sp³-hybridized carbons (Fsp3) is 0.600. The molecule has 0 unspecified atom stereocenters. The zero-order chi connectivity index (χ0) is 16.2. The molecule has 0 saturated heterocycles. The summed E-state index contributed by atoms with van der Waals surface area (Å²) in [6.45, 7) is 4.13. The van der Waals surface area contributed by atoms with Crippen molar-refractivity contribution in [2.24, 2.45) is 0 Å². The van der Waals surface area contributed by atoms with E-state index in [1.165, 1.54) is 24.6 Å². The summed E-state index contributed by atoms with van der Waals surface area (Å²) in [5.74, 6) is 1.04. The number of aromatic nitrogens is 5. The lowest BCUT2D eigenvalue weighted by molar-refractivity contribution is -0.113. The van der Waals surface area contributed by atoms with E-state index < -0.39 is 0 Å². The fourth-order valence-electron chi connectivity index (χ4n) is 2.85. The summed E-state index contributed by atoms with van der Waals surface area (Å²) in [4.78, 5) is 12.2. The summed E-state index contributed by atoms with van der Waals surface area (Å²) in [5.41, 5.74) is 0. The number of carbonyl (C=O) groups is 1. The van der Waals surface area contributed by atoms with Crippen LogP contribution in [0.5, 0.6) is 0 Å². The first-order valence-electron chi connectivity index (χ1n) is 8.01. The molecule has 0 atom stereocenters. The van der Waals surface area contributed by atoms with Gasteiger partial charge in [-0.05, 0) is 26.7 Å². The number of hydrogen-bond donors (Lipinski definition) is 1. The van der Waals surface area contributed by atoms with Gasteiger partial charge in [-0.1, -0.05) is 24.6 Å². The minimum Gasteiger partial charge on any atom is -0.310 e. The van der Waals surface area contributed by atoms with Gasteiger partial charge in [0.05, 0.1) is 18.0 Å². The second-order valence-corrected chi connectivity index (χ2v) is 6.99. The lowest BCUT2D eigenvalue weighted by atomic mass is 10.2. The molecule has 8 heteroatoms. The van der Waals surface area contributed by atoms with Gasteiger partial charge >= 0.3 is 0 Å². The van der Waals surface area contributed by atoms with E-state index in [0.29, 0.717) is 11.8 Å². The first-order valence-corrected chi connectivity index (χ1v) is 8.99. The Kier molecular flexibility index (Phi) is 5.00. The molecule has 1 amide bonds. The van der Waals surface area contributed by atoms with Crippen molar-refractivity contribution < 1.29 is 4.79 Å². The third-order valence-electron chi connectivity index (χ3n) is 4.04. The number of amides is 1. The maximum absolute atomic E-state index is 12.2. The zero-order valence-corrected chi connectivity index (χ0v) is 14.3. The van der Waals surface area contributed by atoms with E-state index in [4.69, 9.17) is 0 Å². The molecule has 2 heterocycles. The van der Waals surface area contributed by atoms with Gasteiger partial charge in [0.2, 0.25) is 5.91 Å². The van der Waals surface area contributed by atoms with Crippen LogP contribution in [0.15, 0.2) is 23.7 Å². The molecule has 23 heavy (non-hydrogen) atoms. The highest BCUT2D eigenvalue weighted by Gasteiger charge is 2.20. The zero-order valence-electron chi connectivity index (χ0n) is 13.5. The van der Waals surface area contributed by atoms with Gasteiger partial charge < -0.3 is 9.88 Å². The fourth-order valence-corrected chi connectivity index (χ4v) is 3.70. The third kappa shape index (κ3) is 3.74. The van der Waals surface area contributed by atoms with Crippen LogP contribution in [0.25, 0.3) is 0 Å². The highest BCUT2D eigenvalue weighted by atomic mass is 32.2. The lowest BCUT2D eigenvalue weighted by Crippen LogP contribution is -2.19. The van der Waals surface area contributed by atoms with Gasteiger partial charge in [0, 0.05) is 12.1 Å². The number of rotatable bonds is 6. The minimum atomic E-state index is -0.0481. The standard InChI is InChI=1S/C15H22N6OS/c1-11(2)20-10-16-19-15(20)23-9-14(22)18-13-7-8-17-21(13)12-5-3-4-6-12/h7-8,10-12H,3-6,9H2,1-2H3,(H,18,22). The van der Waals surface area contributed by atoms with Crippen LogP contribution in [0.2, 0.25) is 0 Å². The van der Waals surface area contributed by atoms with Crippen molar-refractivity contribution in [1.82, 2.24) is 24.5 Å². The van der Waals surface area contributed by atoms with Crippen LogP contribution in [-0.2, 0) is 4.79 Å². The summed E-state index contributed by atoms with van der Waals surface area (Å²) >= 11 is 1.40. The van der Waals surface area contributed by atoms with E-state index in [1.807, 2.05) is 15.3 Å². The van der Waals surface area contributed by atoms with E-state index >= 15 is 0 Å². The van der Waals surface area contributed by atoms with Gasteiger partial charge in [0.15, 0.2) is 5.16 Å². The quantitative estimate of drug-likeness (QED) is 0.822. The van der Waals surface area contributed by atoms with Crippen molar-refractivity contribution in [1.29, 1.82) is 0 Å². The van der Waals surface area contributed by atoms with Crippen molar-refractivity contribution >= 4 is 23.5 Å². The van der Waals surface area contributed by atoms with Crippen LogP contribution < -0.4 is 5.32 Å². The summed E-state index contributed by atoms with van der Waals surface area (Å²) in [7, 11) is 0. The average Bonchev–Trinajstić information content (AvgIpc) is 3.25. The smallest absolute Gasteiger partial charge is 0.235 e. The number of nitrogens with one attached hydrogen (secondary N) is 1. The van der Waals surface area contributed by atoms with Crippen molar-refractivity contribution in [3.05, 3.63) is 18.6 Å². The molecule has 1 aliphatic rings. The number of anilines is 1. The van der Waals surface area contributed by atoms with Crippen molar-refractivity contribution in [3.63, 3.8) is 0 Å². The normalized spacial score (nSPS) is 15.4. The van der Waals surface area contributed by atoms with Gasteiger partial charge in [-0.3, -0.25) is 4.79 Å². The Morgan fingerprint density at radius 1 is 1.43 bits per heavy atom. The summed E-state index contributed by atoms with van der Waals surface area (Å²) in [6, 6.07) is 2.55. The molecule has 0 bridgehead atoms. The van der Waals surface area contributed by atoms with Crippen LogP contribution in [0.1, 0.15) is 51.6 Å². The van der Waals surface area contributed by atoms with Crippen molar-refractivity contribution in [2.45, 2.75) is 56.8 Å². The lowest BCUT2D eigenvalue weighted by Gasteiger charge is -2.14. The first kappa shape index (κ1) is 16.0. The number of thioether (sulfide) groups is 1. The first-order chi connectivity index (χ1) is 11.1. The molecule has 3 rings (SSSR count). The molecule has 0 aromatic carbocycles.